The number of hydrogen-bond acceptors (Lipinski definition) is 3. The molecule has 1 aliphatic rings. The van der Waals surface area contributed by atoms with E-state index in [4.69, 9.17) is 9.47 Å². The first kappa shape index (κ1) is 14.6. The summed E-state index contributed by atoms with van der Waals surface area (Å²) < 4.78 is 24.0. The average molecular weight is 282 g/mol. The Morgan fingerprint density at radius 2 is 2.05 bits per heavy atom. The number of morpholine rings is 1. The van der Waals surface area contributed by atoms with Crippen LogP contribution in [0.1, 0.15) is 13.8 Å². The van der Waals surface area contributed by atoms with Crippen LogP contribution in [0.3, 0.4) is 0 Å². The summed E-state index contributed by atoms with van der Waals surface area (Å²) in [5.74, 6) is -0.356. The van der Waals surface area contributed by atoms with Crippen LogP contribution in [0.4, 0.5) is 14.9 Å². The standard InChI is InChI=1S/C14H19FN2O3/c1-9-7-17(8-10(2)20-9)14(18)16-11-4-5-13(19-3)12(15)6-11/h4-6,9-10H,7-8H2,1-3H3,(H,16,18)/t9-,10-/m1/s1. The molecule has 0 saturated carbocycles. The molecule has 1 aromatic rings. The maximum absolute atomic E-state index is 13.6. The number of anilines is 1. The van der Waals surface area contributed by atoms with E-state index in [-0.39, 0.29) is 24.0 Å². The van der Waals surface area contributed by atoms with E-state index < -0.39 is 5.82 Å². The van der Waals surface area contributed by atoms with Crippen LogP contribution < -0.4 is 10.1 Å². The van der Waals surface area contributed by atoms with E-state index in [0.29, 0.717) is 18.8 Å². The van der Waals surface area contributed by atoms with Gasteiger partial charge < -0.3 is 19.7 Å². The fourth-order valence-electron chi connectivity index (χ4n) is 2.29. The Hall–Kier alpha value is -1.82. The van der Waals surface area contributed by atoms with Crippen molar-refractivity contribution in [2.75, 3.05) is 25.5 Å². The molecule has 2 atom stereocenters. The second kappa shape index (κ2) is 6.09. The maximum atomic E-state index is 13.6. The number of amides is 2. The van der Waals surface area contributed by atoms with E-state index in [1.54, 1.807) is 11.0 Å². The summed E-state index contributed by atoms with van der Waals surface area (Å²) >= 11 is 0. The van der Waals surface area contributed by atoms with Crippen LogP contribution in [-0.4, -0.2) is 43.3 Å². The first-order valence-corrected chi connectivity index (χ1v) is 6.54. The summed E-state index contributed by atoms with van der Waals surface area (Å²) in [6, 6.07) is 4.07. The molecule has 0 aromatic heterocycles. The maximum Gasteiger partial charge on any atom is 0.322 e. The molecule has 0 radical (unpaired) electrons. The lowest BCUT2D eigenvalue weighted by Crippen LogP contribution is -2.49. The SMILES string of the molecule is COc1ccc(NC(=O)N2C[C@@H](C)O[C@H](C)C2)cc1F. The number of urea groups is 1. The molecule has 20 heavy (non-hydrogen) atoms. The third kappa shape index (κ3) is 3.39. The molecule has 1 aromatic carbocycles. The molecule has 1 heterocycles. The van der Waals surface area contributed by atoms with Crippen LogP contribution in [0.2, 0.25) is 0 Å². The first-order chi connectivity index (χ1) is 9.49. The van der Waals surface area contributed by atoms with Crippen LogP contribution in [0.15, 0.2) is 18.2 Å². The molecule has 1 aliphatic heterocycles. The van der Waals surface area contributed by atoms with Gasteiger partial charge in [-0.05, 0) is 26.0 Å². The van der Waals surface area contributed by atoms with Gasteiger partial charge in [0.1, 0.15) is 0 Å². The molecule has 0 unspecified atom stereocenters. The van der Waals surface area contributed by atoms with E-state index in [9.17, 15) is 9.18 Å². The molecule has 0 bridgehead atoms. The third-order valence-corrected chi connectivity index (χ3v) is 3.11. The van der Waals surface area contributed by atoms with E-state index in [0.717, 1.165) is 0 Å². The topological polar surface area (TPSA) is 50.8 Å². The second-order valence-electron chi connectivity index (χ2n) is 4.94. The highest BCUT2D eigenvalue weighted by Gasteiger charge is 2.25. The number of benzene rings is 1. The van der Waals surface area contributed by atoms with Gasteiger partial charge in [-0.3, -0.25) is 0 Å². The van der Waals surface area contributed by atoms with Gasteiger partial charge in [0.2, 0.25) is 0 Å². The molecule has 2 amide bonds. The number of methoxy groups -OCH3 is 1. The van der Waals surface area contributed by atoms with E-state index in [1.165, 1.54) is 19.2 Å². The monoisotopic (exact) mass is 282 g/mol. The number of rotatable bonds is 2. The fourth-order valence-corrected chi connectivity index (χ4v) is 2.29. The van der Waals surface area contributed by atoms with Crippen LogP contribution in [0.25, 0.3) is 0 Å². The minimum Gasteiger partial charge on any atom is -0.494 e. The van der Waals surface area contributed by atoms with Crippen molar-refractivity contribution in [3.05, 3.63) is 24.0 Å². The summed E-state index contributed by atoms with van der Waals surface area (Å²) in [5, 5.41) is 2.68. The lowest BCUT2D eigenvalue weighted by atomic mass is 10.2. The Kier molecular flexibility index (Phi) is 4.44. The quantitative estimate of drug-likeness (QED) is 0.906. The molecule has 1 N–H and O–H groups in total. The minimum atomic E-state index is -0.506. The van der Waals surface area contributed by atoms with Crippen molar-refractivity contribution in [1.82, 2.24) is 4.90 Å². The smallest absolute Gasteiger partial charge is 0.322 e. The van der Waals surface area contributed by atoms with Gasteiger partial charge in [-0.25, -0.2) is 9.18 Å². The second-order valence-corrected chi connectivity index (χ2v) is 4.94. The summed E-state index contributed by atoms with van der Waals surface area (Å²) in [7, 11) is 1.40. The number of carbonyl (C=O) groups excluding carboxylic acids is 1. The van der Waals surface area contributed by atoms with Gasteiger partial charge in [0.05, 0.1) is 19.3 Å². The molecular formula is C14H19FN2O3. The number of carbonyl (C=O) groups is 1. The zero-order chi connectivity index (χ0) is 14.7. The van der Waals surface area contributed by atoms with Gasteiger partial charge >= 0.3 is 6.03 Å². The number of hydrogen-bond donors (Lipinski definition) is 1. The Morgan fingerprint density at radius 1 is 1.40 bits per heavy atom. The molecule has 2 rings (SSSR count). The Labute approximate surface area is 117 Å². The fraction of sp³-hybridized carbons (Fsp3) is 0.500. The van der Waals surface area contributed by atoms with E-state index in [1.807, 2.05) is 13.8 Å². The van der Waals surface area contributed by atoms with Crippen LogP contribution in [0, 0.1) is 5.82 Å². The van der Waals surface area contributed by atoms with Crippen LogP contribution >= 0.6 is 0 Å². The molecule has 0 aliphatic carbocycles. The third-order valence-electron chi connectivity index (χ3n) is 3.11. The van der Waals surface area contributed by atoms with Crippen molar-refractivity contribution in [2.45, 2.75) is 26.1 Å². The molecule has 1 saturated heterocycles. The zero-order valence-electron chi connectivity index (χ0n) is 11.9. The Morgan fingerprint density at radius 3 is 2.60 bits per heavy atom. The number of halogens is 1. The van der Waals surface area contributed by atoms with Gasteiger partial charge in [-0.15, -0.1) is 0 Å². The summed E-state index contributed by atoms with van der Waals surface area (Å²) in [6.45, 7) is 4.88. The van der Waals surface area contributed by atoms with Gasteiger partial charge in [-0.2, -0.15) is 0 Å². The Bertz CT molecular complexity index is 485. The lowest BCUT2D eigenvalue weighted by molar-refractivity contribution is -0.0530. The number of nitrogens with one attached hydrogen (secondary N) is 1. The van der Waals surface area contributed by atoms with Gasteiger partial charge in [0.25, 0.3) is 0 Å². The molecule has 5 nitrogen and oxygen atoms in total. The molecular weight excluding hydrogens is 263 g/mol. The molecule has 0 spiro atoms. The average Bonchev–Trinajstić information content (AvgIpc) is 2.37. The summed E-state index contributed by atoms with van der Waals surface area (Å²) in [4.78, 5) is 13.8. The summed E-state index contributed by atoms with van der Waals surface area (Å²) in [6.07, 6.45) is -0.00536. The molecule has 110 valence electrons. The first-order valence-electron chi connectivity index (χ1n) is 6.54. The van der Waals surface area contributed by atoms with Crippen molar-refractivity contribution >= 4 is 11.7 Å². The van der Waals surface area contributed by atoms with Gasteiger partial charge in [0, 0.05) is 24.8 Å². The highest BCUT2D eigenvalue weighted by atomic mass is 19.1. The van der Waals surface area contributed by atoms with E-state index in [2.05, 4.69) is 5.32 Å². The highest BCUT2D eigenvalue weighted by molar-refractivity contribution is 5.89. The van der Waals surface area contributed by atoms with Crippen molar-refractivity contribution < 1.29 is 18.7 Å². The van der Waals surface area contributed by atoms with Crippen LogP contribution in [0.5, 0.6) is 5.75 Å². The van der Waals surface area contributed by atoms with Crippen molar-refractivity contribution in [3.8, 4) is 5.75 Å². The van der Waals surface area contributed by atoms with Gasteiger partial charge in [0.15, 0.2) is 11.6 Å². The van der Waals surface area contributed by atoms with Crippen LogP contribution in [-0.2, 0) is 4.74 Å². The number of ether oxygens (including phenoxy) is 2. The minimum absolute atomic E-state index is 0.00268. The van der Waals surface area contributed by atoms with Gasteiger partial charge in [-0.1, -0.05) is 0 Å². The van der Waals surface area contributed by atoms with E-state index >= 15 is 0 Å². The predicted molar refractivity (Wildman–Crippen MR) is 73.6 cm³/mol. The molecule has 6 heteroatoms. The normalized spacial score (nSPS) is 22.5. The zero-order valence-corrected chi connectivity index (χ0v) is 11.9. The Balaban J connectivity index is 2.02. The number of nitrogens with zero attached hydrogens (tertiary/aromatic N) is 1. The summed E-state index contributed by atoms with van der Waals surface area (Å²) in [5.41, 5.74) is 0.403. The highest BCUT2D eigenvalue weighted by Crippen LogP contribution is 2.21. The van der Waals surface area contributed by atoms with Crippen molar-refractivity contribution in [1.29, 1.82) is 0 Å². The molecule has 1 fully saturated rings. The lowest BCUT2D eigenvalue weighted by Gasteiger charge is -2.35. The van der Waals surface area contributed by atoms with Crippen molar-refractivity contribution in [3.63, 3.8) is 0 Å². The van der Waals surface area contributed by atoms with Crippen molar-refractivity contribution in [2.24, 2.45) is 0 Å². The largest absolute Gasteiger partial charge is 0.494 e. The predicted octanol–water partition coefficient (Wildman–Crippen LogP) is 2.48.